The molecule has 0 aliphatic carbocycles. The molecule has 4 nitrogen and oxygen atoms in total. The van der Waals surface area contributed by atoms with Gasteiger partial charge in [-0.3, -0.25) is 0 Å². The van der Waals surface area contributed by atoms with E-state index < -0.39 is 16.1 Å². The summed E-state index contributed by atoms with van der Waals surface area (Å²) >= 11 is 4.44. The van der Waals surface area contributed by atoms with Crippen LogP contribution in [0.5, 0.6) is 0 Å². The monoisotopic (exact) mass is 397 g/mol. The largest absolute Gasteiger partial charge is 0.395 e. The van der Waals surface area contributed by atoms with Crippen LogP contribution in [-0.4, -0.2) is 26.2 Å². The molecule has 0 unspecified atom stereocenters. The quantitative estimate of drug-likeness (QED) is 0.668. The maximum Gasteiger partial charge on any atom is 0.250 e. The van der Waals surface area contributed by atoms with E-state index in [9.17, 15) is 13.5 Å². The molecule has 0 fully saturated rings. The molecule has 21 heavy (non-hydrogen) atoms. The molecule has 0 radical (unpaired) electrons. The first-order valence-corrected chi connectivity index (χ1v) is 10.3. The van der Waals surface area contributed by atoms with Crippen molar-refractivity contribution in [1.29, 1.82) is 0 Å². The van der Waals surface area contributed by atoms with Gasteiger partial charge in [-0.25, -0.2) is 13.1 Å². The highest BCUT2D eigenvalue weighted by Gasteiger charge is 2.27. The van der Waals surface area contributed by atoms with Gasteiger partial charge < -0.3 is 5.11 Å². The van der Waals surface area contributed by atoms with E-state index in [1.807, 2.05) is 0 Å². The molecular weight excluding hydrogens is 374 g/mol. The first kappa shape index (κ1) is 19.1. The standard InChI is InChI=1S/C14H24BrNO3S2/c1-4-5-11(8-10(2)3)12(9-17)16-21(18,19)14-7-6-13(15)20-14/h6-7,10-12,16-17H,4-5,8-9H2,1-3H3/t11-,12+/m1/s1. The number of hydrogen-bond acceptors (Lipinski definition) is 4. The van der Waals surface area contributed by atoms with Crippen LogP contribution in [-0.2, 0) is 10.0 Å². The molecule has 0 aromatic carbocycles. The van der Waals surface area contributed by atoms with Crippen LogP contribution in [0.15, 0.2) is 20.1 Å². The molecule has 1 rings (SSSR count). The number of rotatable bonds is 9. The zero-order valence-electron chi connectivity index (χ0n) is 12.7. The van der Waals surface area contributed by atoms with Crippen molar-refractivity contribution in [1.82, 2.24) is 4.72 Å². The summed E-state index contributed by atoms with van der Waals surface area (Å²) in [6.45, 7) is 6.12. The Balaban J connectivity index is 2.88. The predicted molar refractivity (Wildman–Crippen MR) is 91.1 cm³/mol. The third kappa shape index (κ3) is 5.98. The highest BCUT2D eigenvalue weighted by Crippen LogP contribution is 2.27. The van der Waals surface area contributed by atoms with Crippen molar-refractivity contribution in [2.24, 2.45) is 11.8 Å². The van der Waals surface area contributed by atoms with E-state index >= 15 is 0 Å². The summed E-state index contributed by atoms with van der Waals surface area (Å²) < 4.78 is 28.5. The van der Waals surface area contributed by atoms with Crippen LogP contribution in [0.25, 0.3) is 0 Å². The van der Waals surface area contributed by atoms with E-state index in [-0.39, 0.29) is 16.7 Å². The highest BCUT2D eigenvalue weighted by atomic mass is 79.9. The zero-order chi connectivity index (χ0) is 16.0. The van der Waals surface area contributed by atoms with Gasteiger partial charge >= 0.3 is 0 Å². The molecule has 0 aliphatic heterocycles. The van der Waals surface area contributed by atoms with E-state index in [0.717, 1.165) is 23.0 Å². The van der Waals surface area contributed by atoms with Crippen molar-refractivity contribution < 1.29 is 13.5 Å². The van der Waals surface area contributed by atoms with Crippen LogP contribution in [0.2, 0.25) is 0 Å². The highest BCUT2D eigenvalue weighted by molar-refractivity contribution is 9.11. The molecule has 1 aromatic heterocycles. The van der Waals surface area contributed by atoms with Crippen molar-refractivity contribution >= 4 is 37.3 Å². The molecule has 0 aliphatic rings. The Morgan fingerprint density at radius 1 is 1.38 bits per heavy atom. The van der Waals surface area contributed by atoms with Crippen molar-refractivity contribution in [2.75, 3.05) is 6.61 Å². The van der Waals surface area contributed by atoms with Gasteiger partial charge in [-0.15, -0.1) is 11.3 Å². The number of halogens is 1. The van der Waals surface area contributed by atoms with Crippen molar-refractivity contribution in [2.45, 2.75) is 50.3 Å². The first-order chi connectivity index (χ1) is 9.80. The van der Waals surface area contributed by atoms with Gasteiger partial charge in [-0.1, -0.05) is 27.2 Å². The number of hydrogen-bond donors (Lipinski definition) is 2. The normalized spacial score (nSPS) is 15.3. The Labute approximate surface area is 140 Å². The minimum Gasteiger partial charge on any atom is -0.395 e. The van der Waals surface area contributed by atoms with E-state index in [1.54, 1.807) is 12.1 Å². The van der Waals surface area contributed by atoms with Crippen LogP contribution in [0.3, 0.4) is 0 Å². The smallest absolute Gasteiger partial charge is 0.250 e. The molecular formula is C14H24BrNO3S2. The summed E-state index contributed by atoms with van der Waals surface area (Å²) in [4.78, 5) is 0. The fourth-order valence-corrected chi connectivity index (χ4v) is 5.76. The maximum atomic E-state index is 12.4. The van der Waals surface area contributed by atoms with Crippen LogP contribution in [0, 0.1) is 11.8 Å². The average molecular weight is 398 g/mol. The number of nitrogens with one attached hydrogen (secondary N) is 1. The number of thiophene rings is 1. The van der Waals surface area contributed by atoms with Gasteiger partial charge in [-0.05, 0) is 52.7 Å². The summed E-state index contributed by atoms with van der Waals surface area (Å²) in [5.41, 5.74) is 0. The SMILES string of the molecule is CCC[C@H](CC(C)C)[C@H](CO)NS(=O)(=O)c1ccc(Br)s1. The molecule has 7 heteroatoms. The lowest BCUT2D eigenvalue weighted by molar-refractivity contribution is 0.193. The van der Waals surface area contributed by atoms with Crippen molar-refractivity contribution in [3.8, 4) is 0 Å². The summed E-state index contributed by atoms with van der Waals surface area (Å²) in [6, 6.07) is 2.85. The van der Waals surface area contributed by atoms with E-state index in [2.05, 4.69) is 41.4 Å². The summed E-state index contributed by atoms with van der Waals surface area (Å²) in [6.07, 6.45) is 2.77. The summed E-state index contributed by atoms with van der Waals surface area (Å²) in [5, 5.41) is 9.62. The molecule has 1 heterocycles. The van der Waals surface area contributed by atoms with E-state index in [4.69, 9.17) is 0 Å². The fourth-order valence-electron chi connectivity index (χ4n) is 2.44. The van der Waals surface area contributed by atoms with Gasteiger partial charge in [0, 0.05) is 6.04 Å². The third-order valence-corrected chi connectivity index (χ3v) is 6.92. The van der Waals surface area contributed by atoms with Gasteiger partial charge in [-0.2, -0.15) is 0 Å². The molecule has 2 atom stereocenters. The second-order valence-electron chi connectivity index (χ2n) is 5.65. The van der Waals surface area contributed by atoms with Crippen molar-refractivity contribution in [3.63, 3.8) is 0 Å². The van der Waals surface area contributed by atoms with Gasteiger partial charge in [0.15, 0.2) is 0 Å². The molecule has 0 amide bonds. The molecule has 122 valence electrons. The molecule has 0 saturated carbocycles. The Morgan fingerprint density at radius 3 is 2.48 bits per heavy atom. The van der Waals surface area contributed by atoms with Crippen LogP contribution in [0.1, 0.15) is 40.0 Å². The lowest BCUT2D eigenvalue weighted by atomic mass is 9.87. The van der Waals surface area contributed by atoms with Gasteiger partial charge in [0.2, 0.25) is 10.0 Å². The minimum absolute atomic E-state index is 0.151. The topological polar surface area (TPSA) is 66.4 Å². The maximum absolute atomic E-state index is 12.4. The lowest BCUT2D eigenvalue weighted by Gasteiger charge is -2.27. The second-order valence-corrected chi connectivity index (χ2v) is 10.1. The zero-order valence-corrected chi connectivity index (χ0v) is 15.9. The summed E-state index contributed by atoms with van der Waals surface area (Å²) in [7, 11) is -3.57. The Bertz CT molecular complexity index is 528. The molecule has 1 aromatic rings. The average Bonchev–Trinajstić information content (AvgIpc) is 2.82. The van der Waals surface area contributed by atoms with Crippen LogP contribution < -0.4 is 4.72 Å². The Morgan fingerprint density at radius 2 is 2.05 bits per heavy atom. The summed E-state index contributed by atoms with van der Waals surface area (Å²) in [5.74, 6) is 0.620. The van der Waals surface area contributed by atoms with E-state index in [1.165, 1.54) is 11.3 Å². The fraction of sp³-hybridized carbons (Fsp3) is 0.714. The molecule has 0 saturated heterocycles. The number of sulfonamides is 1. The lowest BCUT2D eigenvalue weighted by Crippen LogP contribution is -2.43. The Kier molecular flexibility index (Phi) is 7.84. The number of aliphatic hydroxyl groups is 1. The third-order valence-electron chi connectivity index (χ3n) is 3.32. The molecule has 0 bridgehead atoms. The van der Waals surface area contributed by atoms with Crippen LogP contribution in [0.4, 0.5) is 0 Å². The number of aliphatic hydroxyl groups excluding tert-OH is 1. The Hall–Kier alpha value is 0.0500. The van der Waals surface area contributed by atoms with E-state index in [0.29, 0.717) is 5.92 Å². The minimum atomic E-state index is -3.57. The van der Waals surface area contributed by atoms with Crippen LogP contribution >= 0.6 is 27.3 Å². The first-order valence-electron chi connectivity index (χ1n) is 7.18. The van der Waals surface area contributed by atoms with Crippen molar-refractivity contribution in [3.05, 3.63) is 15.9 Å². The van der Waals surface area contributed by atoms with Gasteiger partial charge in [0.25, 0.3) is 0 Å². The molecule has 0 spiro atoms. The predicted octanol–water partition coefficient (Wildman–Crippen LogP) is 3.61. The molecule has 2 N–H and O–H groups in total. The van der Waals surface area contributed by atoms with Gasteiger partial charge in [0.05, 0.1) is 10.4 Å². The van der Waals surface area contributed by atoms with Gasteiger partial charge in [0.1, 0.15) is 4.21 Å². The second kappa shape index (κ2) is 8.62.